The Balaban J connectivity index is 2.04. The molecule has 4 rings (SSSR count). The molecule has 127 valence electrons. The van der Waals surface area contributed by atoms with E-state index in [0.717, 1.165) is 46.6 Å². The van der Waals surface area contributed by atoms with Gasteiger partial charge in [-0.25, -0.2) is 0 Å². The Bertz CT molecular complexity index is 1030. The molecule has 4 aromatic rings. The van der Waals surface area contributed by atoms with Gasteiger partial charge in [-0.15, -0.1) is 0 Å². The second kappa shape index (κ2) is 6.50. The molecule has 3 aromatic heterocycles. The van der Waals surface area contributed by atoms with Crippen molar-refractivity contribution in [3.05, 3.63) is 43.0 Å². The Morgan fingerprint density at radius 3 is 2.84 bits per heavy atom. The number of aryl methyl sites for hydroxylation is 2. The zero-order chi connectivity index (χ0) is 17.4. The van der Waals surface area contributed by atoms with Gasteiger partial charge in [0.2, 0.25) is 0 Å². The number of nitrogens with zero attached hydrogens (tertiary/aromatic N) is 4. The van der Waals surface area contributed by atoms with E-state index in [-0.39, 0.29) is 0 Å². The first-order chi connectivity index (χ1) is 12.2. The van der Waals surface area contributed by atoms with E-state index in [1.54, 1.807) is 0 Å². The molecule has 0 aliphatic rings. The fourth-order valence-electron chi connectivity index (χ4n) is 3.34. The van der Waals surface area contributed by atoms with E-state index < -0.39 is 0 Å². The normalized spacial score (nSPS) is 11.5. The van der Waals surface area contributed by atoms with Crippen LogP contribution in [0.1, 0.15) is 6.42 Å². The van der Waals surface area contributed by atoms with Crippen LogP contribution in [0.3, 0.4) is 0 Å². The first kappa shape index (κ1) is 16.1. The van der Waals surface area contributed by atoms with E-state index in [9.17, 15) is 0 Å². The molecule has 0 saturated heterocycles. The third-order valence-corrected chi connectivity index (χ3v) is 5.10. The minimum atomic E-state index is 0.886. The number of hydrogen-bond acceptors (Lipinski definition) is 2. The van der Waals surface area contributed by atoms with Crippen molar-refractivity contribution in [3.8, 4) is 11.3 Å². The Morgan fingerprint density at radius 1 is 1.28 bits per heavy atom. The van der Waals surface area contributed by atoms with Crippen LogP contribution < -0.4 is 14.3 Å². The molecule has 0 atom stereocenters. The molecule has 0 bridgehead atoms. The van der Waals surface area contributed by atoms with E-state index >= 15 is 0 Å². The number of benzene rings is 1. The maximum atomic E-state index is 4.59. The maximum absolute atomic E-state index is 4.59. The second-order valence-electron chi connectivity index (χ2n) is 6.13. The van der Waals surface area contributed by atoms with E-state index in [0.29, 0.717) is 0 Å². The number of aromatic amines is 1. The number of H-pyrrole nitrogens is 1. The van der Waals surface area contributed by atoms with Gasteiger partial charge in [0.25, 0.3) is 0 Å². The predicted molar refractivity (Wildman–Crippen MR) is 98.5 cm³/mol. The number of aromatic nitrogens is 5. The number of hydrogen-bond donors (Lipinski definition) is 2. The zero-order valence-corrected chi connectivity index (χ0v) is 16.1. The fraction of sp³-hybridized carbons (Fsp3) is 0.278. The van der Waals surface area contributed by atoms with Crippen molar-refractivity contribution in [2.24, 2.45) is 14.1 Å². The van der Waals surface area contributed by atoms with Gasteiger partial charge in [-0.3, -0.25) is 0 Å². The standard InChI is InChI=1S/C18H20N6Se/c1-22-11-20-16-15(22)18-23(2)14(13-7-4-3-5-8-13)17(19-9-6-10-25)24(18)12-21-16/h3-5,7-8,11-12,19H,6,9-10H2,1-2H3/q+1/p+1. The van der Waals surface area contributed by atoms with Gasteiger partial charge in [0.1, 0.15) is 0 Å². The summed E-state index contributed by atoms with van der Waals surface area (Å²) in [5.41, 5.74) is 5.43. The molecule has 0 fully saturated rings. The molecule has 0 unspecified atom stereocenters. The van der Waals surface area contributed by atoms with Crippen molar-refractivity contribution in [1.82, 2.24) is 14.5 Å². The predicted octanol–water partition coefficient (Wildman–Crippen LogP) is 1.52. The van der Waals surface area contributed by atoms with Gasteiger partial charge in [0.05, 0.1) is 0 Å². The van der Waals surface area contributed by atoms with Crippen LogP contribution in [-0.2, 0) is 14.1 Å². The summed E-state index contributed by atoms with van der Waals surface area (Å²) in [6, 6.07) is 10.5. The first-order valence-electron chi connectivity index (χ1n) is 8.35. The molecular weight excluding hydrogens is 379 g/mol. The van der Waals surface area contributed by atoms with Crippen molar-refractivity contribution in [2.75, 3.05) is 11.9 Å². The molecule has 0 saturated carbocycles. The molecule has 1 aromatic carbocycles. The monoisotopic (exact) mass is 401 g/mol. The zero-order valence-electron chi connectivity index (χ0n) is 14.4. The van der Waals surface area contributed by atoms with Crippen LogP contribution in [0.5, 0.6) is 0 Å². The third kappa shape index (κ3) is 2.60. The first-order valence-corrected chi connectivity index (χ1v) is 9.56. The summed E-state index contributed by atoms with van der Waals surface area (Å²) >= 11 is 3.07. The summed E-state index contributed by atoms with van der Waals surface area (Å²) in [6.07, 6.45) is 4.91. The van der Waals surface area contributed by atoms with Crippen LogP contribution >= 0.6 is 0 Å². The molecule has 25 heavy (non-hydrogen) atoms. The van der Waals surface area contributed by atoms with Gasteiger partial charge in [0, 0.05) is 0 Å². The van der Waals surface area contributed by atoms with Crippen molar-refractivity contribution in [2.45, 2.75) is 11.7 Å². The van der Waals surface area contributed by atoms with Crippen LogP contribution in [0, 0.1) is 0 Å². The summed E-state index contributed by atoms with van der Waals surface area (Å²) in [4.78, 5) is 7.82. The molecule has 0 amide bonds. The summed E-state index contributed by atoms with van der Waals surface area (Å²) in [5.74, 6) is 1.08. The van der Waals surface area contributed by atoms with Crippen LogP contribution in [-0.4, -0.2) is 37.1 Å². The van der Waals surface area contributed by atoms with Gasteiger partial charge in [-0.1, -0.05) is 0 Å². The Kier molecular flexibility index (Phi) is 4.19. The van der Waals surface area contributed by atoms with Gasteiger partial charge in [-0.2, -0.15) is 0 Å². The molecule has 3 heterocycles. The van der Waals surface area contributed by atoms with Crippen molar-refractivity contribution < 1.29 is 8.97 Å². The van der Waals surface area contributed by atoms with Gasteiger partial charge in [-0.05, 0) is 0 Å². The fourth-order valence-corrected chi connectivity index (χ4v) is 3.64. The van der Waals surface area contributed by atoms with Crippen LogP contribution in [0.15, 0.2) is 43.0 Å². The Labute approximate surface area is 154 Å². The summed E-state index contributed by atoms with van der Waals surface area (Å²) in [6.45, 7) is 0.913. The molecule has 1 radical (unpaired) electrons. The van der Waals surface area contributed by atoms with E-state index in [4.69, 9.17) is 0 Å². The van der Waals surface area contributed by atoms with Crippen molar-refractivity contribution >= 4 is 38.6 Å². The number of rotatable bonds is 5. The molecule has 2 N–H and O–H groups in total. The number of fused-ring (bicyclic) bond motifs is 3. The van der Waals surface area contributed by atoms with Crippen molar-refractivity contribution in [1.29, 1.82) is 0 Å². The van der Waals surface area contributed by atoms with Crippen LogP contribution in [0.4, 0.5) is 5.82 Å². The number of anilines is 1. The molecular formula is C18H21N6Se+2. The molecule has 0 spiro atoms. The Morgan fingerprint density at radius 2 is 2.08 bits per heavy atom. The SMILES string of the molecule is Cn1c(-c2ccccc2)c(NCCC[Se])[n+]2cnc3[nH]c[n+](C)c3c12. The van der Waals surface area contributed by atoms with Gasteiger partial charge < -0.3 is 0 Å². The second-order valence-corrected chi connectivity index (χ2v) is 6.98. The third-order valence-electron chi connectivity index (χ3n) is 4.49. The number of nitrogens with one attached hydrogen (secondary N) is 2. The van der Waals surface area contributed by atoms with Crippen molar-refractivity contribution in [3.63, 3.8) is 0 Å². The minimum absolute atomic E-state index is 0.886. The average Bonchev–Trinajstić information content (AvgIpc) is 3.14. The van der Waals surface area contributed by atoms with E-state index in [2.05, 4.69) is 76.1 Å². The summed E-state index contributed by atoms with van der Waals surface area (Å²) in [7, 11) is 4.15. The van der Waals surface area contributed by atoms with Gasteiger partial charge in [0.15, 0.2) is 0 Å². The van der Waals surface area contributed by atoms with Crippen LogP contribution in [0.25, 0.3) is 28.1 Å². The summed E-state index contributed by atoms with van der Waals surface area (Å²) < 4.78 is 6.47. The quantitative estimate of drug-likeness (QED) is 0.303. The molecule has 7 heteroatoms. The number of imidazole rings is 2. The van der Waals surface area contributed by atoms with E-state index in [1.807, 2.05) is 25.8 Å². The van der Waals surface area contributed by atoms with E-state index in [1.165, 1.54) is 5.56 Å². The van der Waals surface area contributed by atoms with Gasteiger partial charge >= 0.3 is 154 Å². The molecule has 0 aliphatic heterocycles. The average molecular weight is 400 g/mol. The molecule has 6 nitrogen and oxygen atoms in total. The topological polar surface area (TPSA) is 53.6 Å². The Hall–Kier alpha value is -2.37. The summed E-state index contributed by atoms with van der Waals surface area (Å²) in [5, 5.41) is 4.66. The van der Waals surface area contributed by atoms with Crippen LogP contribution in [0.2, 0.25) is 5.32 Å². The molecule has 0 aliphatic carbocycles.